The molecule has 0 aliphatic heterocycles. The van der Waals surface area contributed by atoms with Gasteiger partial charge in [-0.25, -0.2) is 4.39 Å². The number of alkyl halides is 6. The van der Waals surface area contributed by atoms with Crippen molar-refractivity contribution < 1.29 is 30.7 Å². The Bertz CT molecular complexity index is 1210. The standard InChI is InChI=1S/C23H18F7N3/c1-33-21(32)20-16(11-31)7-14-2-3-17(24)8-18(14)19(20)15-5-12(9-22(25,26)27)4-13(6-15)10-23(28,29)30/h2-8,11,31H,9-10H2,1H3,(H2,32,33). The molecule has 0 saturated heterocycles. The van der Waals surface area contributed by atoms with Gasteiger partial charge < -0.3 is 11.1 Å². The number of nitrogens with one attached hydrogen (secondary N) is 1. The second-order valence-electron chi connectivity index (χ2n) is 7.46. The average molecular weight is 469 g/mol. The minimum absolute atomic E-state index is 0.0168. The van der Waals surface area contributed by atoms with E-state index < -0.39 is 31.0 Å². The number of hydrogen-bond donors (Lipinski definition) is 2. The van der Waals surface area contributed by atoms with Crippen molar-refractivity contribution in [3.63, 3.8) is 0 Å². The number of hydrogen-bond acceptors (Lipinski definition) is 2. The fourth-order valence-electron chi connectivity index (χ4n) is 3.76. The summed E-state index contributed by atoms with van der Waals surface area (Å²) in [6.07, 6.45) is -11.3. The number of halogens is 7. The smallest absolute Gasteiger partial charge is 0.383 e. The van der Waals surface area contributed by atoms with Crippen molar-refractivity contribution >= 4 is 22.8 Å². The lowest BCUT2D eigenvalue weighted by atomic mass is 9.87. The van der Waals surface area contributed by atoms with Gasteiger partial charge in [0.1, 0.15) is 11.7 Å². The van der Waals surface area contributed by atoms with Gasteiger partial charge in [-0.05, 0) is 45.7 Å². The van der Waals surface area contributed by atoms with E-state index in [4.69, 9.17) is 11.1 Å². The first-order chi connectivity index (χ1) is 15.3. The molecule has 0 atom stereocenters. The van der Waals surface area contributed by atoms with Gasteiger partial charge in [-0.15, -0.1) is 0 Å². The van der Waals surface area contributed by atoms with Gasteiger partial charge in [0, 0.05) is 30.0 Å². The summed E-state index contributed by atoms with van der Waals surface area (Å²) in [5.74, 6) is -0.764. The number of amidine groups is 1. The number of aliphatic imine (C=N–C) groups is 1. The molecule has 0 bridgehead atoms. The lowest BCUT2D eigenvalue weighted by molar-refractivity contribution is -0.127. The lowest BCUT2D eigenvalue weighted by Crippen LogP contribution is -2.18. The summed E-state index contributed by atoms with van der Waals surface area (Å²) in [5.41, 5.74) is 5.66. The van der Waals surface area contributed by atoms with E-state index in [1.807, 2.05) is 0 Å². The van der Waals surface area contributed by atoms with Crippen LogP contribution >= 0.6 is 0 Å². The van der Waals surface area contributed by atoms with Gasteiger partial charge in [0.25, 0.3) is 0 Å². The van der Waals surface area contributed by atoms with E-state index in [1.165, 1.54) is 19.2 Å². The Labute approximate surface area is 184 Å². The molecule has 0 aromatic heterocycles. The minimum Gasteiger partial charge on any atom is -0.383 e. The maximum absolute atomic E-state index is 14.1. The molecule has 3 N–H and O–H groups in total. The van der Waals surface area contributed by atoms with Crippen molar-refractivity contribution in [2.24, 2.45) is 10.7 Å². The third-order valence-electron chi connectivity index (χ3n) is 4.94. The largest absolute Gasteiger partial charge is 0.393 e. The van der Waals surface area contributed by atoms with Crippen molar-refractivity contribution in [1.29, 1.82) is 5.41 Å². The van der Waals surface area contributed by atoms with Gasteiger partial charge in [-0.2, -0.15) is 26.3 Å². The molecule has 0 heterocycles. The van der Waals surface area contributed by atoms with Gasteiger partial charge in [0.05, 0.1) is 12.8 Å². The highest BCUT2D eigenvalue weighted by molar-refractivity contribution is 6.16. The summed E-state index contributed by atoms with van der Waals surface area (Å²) in [6, 6.07) is 8.26. The number of nitrogens with zero attached hydrogens (tertiary/aromatic N) is 1. The van der Waals surface area contributed by atoms with Crippen LogP contribution in [0.2, 0.25) is 0 Å². The van der Waals surface area contributed by atoms with Crippen LogP contribution in [0.4, 0.5) is 30.7 Å². The first kappa shape index (κ1) is 24.2. The molecule has 10 heteroatoms. The third-order valence-corrected chi connectivity index (χ3v) is 4.94. The monoisotopic (exact) mass is 469 g/mol. The Kier molecular flexibility index (Phi) is 6.49. The van der Waals surface area contributed by atoms with Crippen molar-refractivity contribution in [2.45, 2.75) is 25.2 Å². The Balaban J connectivity index is 2.45. The molecule has 0 fully saturated rings. The summed E-state index contributed by atoms with van der Waals surface area (Å²) < 4.78 is 92.7. The Morgan fingerprint density at radius 3 is 2.00 bits per heavy atom. The molecule has 3 aromatic carbocycles. The maximum Gasteiger partial charge on any atom is 0.393 e. The molecule has 3 nitrogen and oxygen atoms in total. The highest BCUT2D eigenvalue weighted by Crippen LogP contribution is 2.37. The third kappa shape index (κ3) is 5.68. The van der Waals surface area contributed by atoms with E-state index >= 15 is 0 Å². The van der Waals surface area contributed by atoms with E-state index in [1.54, 1.807) is 0 Å². The molecule has 0 spiro atoms. The molecule has 0 amide bonds. The summed E-state index contributed by atoms with van der Waals surface area (Å²) in [7, 11) is 1.35. The molecule has 3 aromatic rings. The number of fused-ring (bicyclic) bond motifs is 1. The highest BCUT2D eigenvalue weighted by atomic mass is 19.4. The Morgan fingerprint density at radius 1 is 0.939 bits per heavy atom. The normalized spacial score (nSPS) is 12.9. The van der Waals surface area contributed by atoms with Gasteiger partial charge in [0.15, 0.2) is 0 Å². The molecule has 0 aliphatic rings. The number of rotatable bonds is 5. The van der Waals surface area contributed by atoms with Crippen LogP contribution in [0.15, 0.2) is 47.5 Å². The van der Waals surface area contributed by atoms with E-state index in [-0.39, 0.29) is 44.6 Å². The number of nitrogens with two attached hydrogens (primary N) is 1. The van der Waals surface area contributed by atoms with Gasteiger partial charge in [-0.1, -0.05) is 24.3 Å². The van der Waals surface area contributed by atoms with Crippen LogP contribution in [-0.4, -0.2) is 31.5 Å². The molecule has 0 aliphatic carbocycles. The fourth-order valence-corrected chi connectivity index (χ4v) is 3.76. The predicted octanol–water partition coefficient (Wildman–Crippen LogP) is 6.19. The topological polar surface area (TPSA) is 62.2 Å². The van der Waals surface area contributed by atoms with Crippen LogP contribution in [0.5, 0.6) is 0 Å². The zero-order chi connectivity index (χ0) is 24.6. The van der Waals surface area contributed by atoms with Crippen LogP contribution in [-0.2, 0) is 12.8 Å². The Morgan fingerprint density at radius 2 is 1.52 bits per heavy atom. The molecule has 0 unspecified atom stereocenters. The molecule has 33 heavy (non-hydrogen) atoms. The van der Waals surface area contributed by atoms with Crippen molar-refractivity contribution in [3.8, 4) is 11.1 Å². The molecule has 0 radical (unpaired) electrons. The van der Waals surface area contributed by atoms with E-state index in [2.05, 4.69) is 4.99 Å². The molecule has 3 rings (SSSR count). The van der Waals surface area contributed by atoms with E-state index in [0.29, 0.717) is 5.39 Å². The quantitative estimate of drug-likeness (QED) is 0.261. The first-order valence-corrected chi connectivity index (χ1v) is 9.57. The second-order valence-corrected chi connectivity index (χ2v) is 7.46. The highest BCUT2D eigenvalue weighted by Gasteiger charge is 2.31. The van der Waals surface area contributed by atoms with E-state index in [9.17, 15) is 30.7 Å². The maximum atomic E-state index is 14.1. The van der Waals surface area contributed by atoms with E-state index in [0.717, 1.165) is 36.5 Å². The summed E-state index contributed by atoms with van der Waals surface area (Å²) >= 11 is 0. The molecule has 0 saturated carbocycles. The van der Waals surface area contributed by atoms with Crippen LogP contribution in [0.1, 0.15) is 22.3 Å². The SMILES string of the molecule is CN=C(N)c1c(C=N)cc2ccc(F)cc2c1-c1cc(CC(F)(F)F)cc(CC(F)(F)F)c1. The Hall–Kier alpha value is -3.43. The zero-order valence-electron chi connectivity index (χ0n) is 17.2. The average Bonchev–Trinajstić information content (AvgIpc) is 2.68. The van der Waals surface area contributed by atoms with Crippen LogP contribution in [0.3, 0.4) is 0 Å². The second kappa shape index (κ2) is 8.84. The lowest BCUT2D eigenvalue weighted by Gasteiger charge is -2.19. The minimum atomic E-state index is -4.66. The predicted molar refractivity (Wildman–Crippen MR) is 113 cm³/mol. The van der Waals surface area contributed by atoms with Gasteiger partial charge in [-0.3, -0.25) is 4.99 Å². The van der Waals surface area contributed by atoms with Crippen LogP contribution in [0.25, 0.3) is 21.9 Å². The molecule has 174 valence electrons. The van der Waals surface area contributed by atoms with Crippen molar-refractivity contribution in [3.05, 3.63) is 70.5 Å². The molecular formula is C23H18F7N3. The summed E-state index contributed by atoms with van der Waals surface area (Å²) in [6.45, 7) is 0. The van der Waals surface area contributed by atoms with Crippen molar-refractivity contribution in [1.82, 2.24) is 0 Å². The molecular weight excluding hydrogens is 451 g/mol. The van der Waals surface area contributed by atoms with Crippen LogP contribution < -0.4 is 5.73 Å². The first-order valence-electron chi connectivity index (χ1n) is 9.57. The summed E-state index contributed by atoms with van der Waals surface area (Å²) in [5, 5.41) is 8.38. The number of benzene rings is 3. The van der Waals surface area contributed by atoms with Crippen molar-refractivity contribution in [2.75, 3.05) is 7.05 Å². The van der Waals surface area contributed by atoms with Crippen LogP contribution in [0, 0.1) is 11.2 Å². The fraction of sp³-hybridized carbons (Fsp3) is 0.217. The summed E-state index contributed by atoms with van der Waals surface area (Å²) in [4.78, 5) is 3.88. The van der Waals surface area contributed by atoms with Gasteiger partial charge in [0.2, 0.25) is 0 Å². The zero-order valence-corrected chi connectivity index (χ0v) is 17.2. The van der Waals surface area contributed by atoms with Gasteiger partial charge >= 0.3 is 12.4 Å².